The Bertz CT molecular complexity index is 1030. The number of fused-ring (bicyclic) bond motifs is 3. The molecule has 0 bridgehead atoms. The first-order valence-corrected chi connectivity index (χ1v) is 10.1. The van der Waals surface area contributed by atoms with Crippen molar-refractivity contribution in [1.82, 2.24) is 25.0 Å². The summed E-state index contributed by atoms with van der Waals surface area (Å²) in [6.07, 6.45) is 5.05. The highest BCUT2D eigenvalue weighted by Gasteiger charge is 2.43. The van der Waals surface area contributed by atoms with Crippen LogP contribution in [-0.2, 0) is 12.0 Å². The van der Waals surface area contributed by atoms with Crippen molar-refractivity contribution >= 4 is 16.9 Å². The topological polar surface area (TPSA) is 63.1 Å². The van der Waals surface area contributed by atoms with Gasteiger partial charge in [0.15, 0.2) is 0 Å². The number of nitrogens with one attached hydrogen (secondary N) is 1. The number of urea groups is 1. The van der Waals surface area contributed by atoms with Crippen LogP contribution in [0.2, 0.25) is 0 Å². The maximum absolute atomic E-state index is 12.1. The minimum Gasteiger partial charge on any atom is -0.338 e. The number of rotatable bonds is 2. The second kappa shape index (κ2) is 6.62. The number of hydrogen-bond donors (Lipinski definition) is 1. The zero-order chi connectivity index (χ0) is 19.1. The van der Waals surface area contributed by atoms with Crippen molar-refractivity contribution in [2.45, 2.75) is 38.1 Å². The van der Waals surface area contributed by atoms with Gasteiger partial charge in [0.05, 0.1) is 11.2 Å². The molecule has 2 aromatic heterocycles. The number of aryl methyl sites for hydroxylation is 1. The van der Waals surface area contributed by atoms with Crippen LogP contribution in [0.4, 0.5) is 4.79 Å². The predicted octanol–water partition coefficient (Wildman–Crippen LogP) is 3.57. The smallest absolute Gasteiger partial charge is 0.317 e. The summed E-state index contributed by atoms with van der Waals surface area (Å²) in [5, 5.41) is 8.94. The molecule has 2 aliphatic rings. The van der Waals surface area contributed by atoms with Gasteiger partial charge in [-0.1, -0.05) is 18.2 Å². The Kier molecular flexibility index (Phi) is 4.07. The minimum absolute atomic E-state index is 0.0618. The number of pyridine rings is 1. The number of para-hydroxylation sites is 1. The van der Waals surface area contributed by atoms with Crippen molar-refractivity contribution in [3.63, 3.8) is 0 Å². The molecule has 144 valence electrons. The van der Waals surface area contributed by atoms with Crippen LogP contribution in [0.3, 0.4) is 0 Å². The molecule has 5 rings (SSSR count). The maximum atomic E-state index is 12.1. The van der Waals surface area contributed by atoms with E-state index in [0.717, 1.165) is 61.1 Å². The van der Waals surface area contributed by atoms with E-state index in [-0.39, 0.29) is 11.4 Å². The fourth-order valence-corrected chi connectivity index (χ4v) is 4.72. The quantitative estimate of drug-likeness (QED) is 0.745. The lowest BCUT2D eigenvalue weighted by Gasteiger charge is -2.38. The molecule has 1 saturated heterocycles. The molecular weight excluding hydrogens is 350 g/mol. The molecule has 4 heterocycles. The van der Waals surface area contributed by atoms with Gasteiger partial charge < -0.3 is 10.2 Å². The number of piperidine rings is 1. The third kappa shape index (κ3) is 2.75. The number of aromatic nitrogens is 3. The summed E-state index contributed by atoms with van der Waals surface area (Å²) in [6, 6.07) is 12.7. The van der Waals surface area contributed by atoms with Crippen LogP contribution in [0.15, 0.2) is 42.6 Å². The van der Waals surface area contributed by atoms with E-state index in [0.29, 0.717) is 6.54 Å². The van der Waals surface area contributed by atoms with Gasteiger partial charge >= 0.3 is 6.03 Å². The second-order valence-corrected chi connectivity index (χ2v) is 7.91. The summed E-state index contributed by atoms with van der Waals surface area (Å²) in [6.45, 7) is 5.21. The van der Waals surface area contributed by atoms with Crippen molar-refractivity contribution in [2.24, 2.45) is 0 Å². The largest absolute Gasteiger partial charge is 0.338 e. The van der Waals surface area contributed by atoms with Crippen molar-refractivity contribution in [2.75, 3.05) is 19.6 Å². The lowest BCUT2D eigenvalue weighted by Crippen LogP contribution is -2.48. The van der Waals surface area contributed by atoms with Crippen LogP contribution < -0.4 is 5.32 Å². The van der Waals surface area contributed by atoms with Gasteiger partial charge in [-0.15, -0.1) is 0 Å². The Labute approximate surface area is 164 Å². The summed E-state index contributed by atoms with van der Waals surface area (Å²) in [5.41, 5.74) is 4.55. The van der Waals surface area contributed by atoms with Crippen molar-refractivity contribution in [3.8, 4) is 11.3 Å². The van der Waals surface area contributed by atoms with E-state index < -0.39 is 0 Å². The third-order valence-corrected chi connectivity index (χ3v) is 6.35. The van der Waals surface area contributed by atoms with Crippen molar-refractivity contribution in [3.05, 3.63) is 48.3 Å². The Morgan fingerprint density at radius 3 is 2.75 bits per heavy atom. The SMILES string of the molecule is CCNC(=O)N1CCC2(CC1)CCn1nc(-c3cnc4ccccc4c3)cc12. The van der Waals surface area contributed by atoms with E-state index in [1.807, 2.05) is 36.2 Å². The van der Waals surface area contributed by atoms with E-state index >= 15 is 0 Å². The van der Waals surface area contributed by atoms with E-state index in [1.54, 1.807) is 0 Å². The Morgan fingerprint density at radius 2 is 1.93 bits per heavy atom. The first-order valence-electron chi connectivity index (χ1n) is 10.1. The lowest BCUT2D eigenvalue weighted by atomic mass is 9.75. The molecule has 6 nitrogen and oxygen atoms in total. The number of carbonyl (C=O) groups excluding carboxylic acids is 1. The number of amides is 2. The van der Waals surface area contributed by atoms with Gasteiger partial charge in [-0.05, 0) is 44.4 Å². The molecule has 1 spiro atoms. The van der Waals surface area contributed by atoms with Gasteiger partial charge in [0.25, 0.3) is 0 Å². The molecule has 0 radical (unpaired) electrons. The predicted molar refractivity (Wildman–Crippen MR) is 109 cm³/mol. The zero-order valence-corrected chi connectivity index (χ0v) is 16.2. The lowest BCUT2D eigenvalue weighted by molar-refractivity contribution is 0.157. The van der Waals surface area contributed by atoms with Crippen LogP contribution in [0, 0.1) is 0 Å². The molecule has 0 aliphatic carbocycles. The van der Waals surface area contributed by atoms with Gasteiger partial charge in [-0.3, -0.25) is 9.67 Å². The number of benzene rings is 1. The highest BCUT2D eigenvalue weighted by atomic mass is 16.2. The molecule has 1 N–H and O–H groups in total. The molecule has 0 unspecified atom stereocenters. The first kappa shape index (κ1) is 17.2. The fraction of sp³-hybridized carbons (Fsp3) is 0.409. The maximum Gasteiger partial charge on any atom is 0.317 e. The van der Waals surface area contributed by atoms with E-state index in [9.17, 15) is 4.79 Å². The molecule has 2 aliphatic heterocycles. The van der Waals surface area contributed by atoms with Crippen LogP contribution in [0.1, 0.15) is 31.9 Å². The average molecular weight is 375 g/mol. The third-order valence-electron chi connectivity index (χ3n) is 6.35. The molecule has 28 heavy (non-hydrogen) atoms. The van der Waals surface area contributed by atoms with Crippen LogP contribution in [-0.4, -0.2) is 45.3 Å². The van der Waals surface area contributed by atoms with E-state index in [4.69, 9.17) is 5.10 Å². The van der Waals surface area contributed by atoms with Crippen molar-refractivity contribution < 1.29 is 4.79 Å². The molecule has 0 atom stereocenters. The Hall–Kier alpha value is -2.89. The molecular formula is C22H25N5O. The van der Waals surface area contributed by atoms with Gasteiger partial charge in [0.1, 0.15) is 0 Å². The summed E-state index contributed by atoms with van der Waals surface area (Å²) in [5.74, 6) is 0. The molecule has 3 aromatic rings. The number of carbonyl (C=O) groups is 1. The van der Waals surface area contributed by atoms with Gasteiger partial charge in [0.2, 0.25) is 0 Å². The highest BCUT2D eigenvalue weighted by Crippen LogP contribution is 2.44. The van der Waals surface area contributed by atoms with Gasteiger partial charge in [0, 0.05) is 54.4 Å². The normalized spacial score (nSPS) is 17.8. The number of nitrogens with zero attached hydrogens (tertiary/aromatic N) is 4. The monoisotopic (exact) mass is 375 g/mol. The molecule has 0 saturated carbocycles. The van der Waals surface area contributed by atoms with E-state index in [1.165, 1.54) is 5.69 Å². The summed E-state index contributed by atoms with van der Waals surface area (Å²) in [4.78, 5) is 18.7. The van der Waals surface area contributed by atoms with Crippen molar-refractivity contribution in [1.29, 1.82) is 0 Å². The molecule has 1 aromatic carbocycles. The zero-order valence-electron chi connectivity index (χ0n) is 16.2. The first-order chi connectivity index (χ1) is 13.7. The summed E-state index contributed by atoms with van der Waals surface area (Å²) >= 11 is 0. The Balaban J connectivity index is 1.41. The number of likely N-dealkylation sites (tertiary alicyclic amines) is 1. The molecule has 6 heteroatoms. The summed E-state index contributed by atoms with van der Waals surface area (Å²) in [7, 11) is 0. The van der Waals surface area contributed by atoms with Crippen LogP contribution in [0.5, 0.6) is 0 Å². The van der Waals surface area contributed by atoms with Gasteiger partial charge in [-0.2, -0.15) is 5.10 Å². The van der Waals surface area contributed by atoms with Gasteiger partial charge in [-0.25, -0.2) is 4.79 Å². The Morgan fingerprint density at radius 1 is 1.14 bits per heavy atom. The average Bonchev–Trinajstić information content (AvgIpc) is 3.30. The molecule has 1 fully saturated rings. The van der Waals surface area contributed by atoms with Crippen LogP contribution in [0.25, 0.3) is 22.2 Å². The molecule has 2 amide bonds. The standard InChI is InChI=1S/C22H25N5O/c1-2-23-21(28)26-10-7-22(8-11-26)9-12-27-20(22)14-19(25-27)17-13-16-5-3-4-6-18(16)24-15-17/h3-6,13-15H,2,7-12H2,1H3,(H,23,28). The fourth-order valence-electron chi connectivity index (χ4n) is 4.72. The second-order valence-electron chi connectivity index (χ2n) is 7.91. The van der Waals surface area contributed by atoms with Crippen LogP contribution >= 0.6 is 0 Å². The minimum atomic E-state index is 0.0618. The summed E-state index contributed by atoms with van der Waals surface area (Å²) < 4.78 is 2.17. The number of hydrogen-bond acceptors (Lipinski definition) is 3. The highest BCUT2D eigenvalue weighted by molar-refractivity contribution is 5.82. The van der Waals surface area contributed by atoms with E-state index in [2.05, 4.69) is 33.2 Å².